The monoisotopic (exact) mass is 319 g/mol. The van der Waals surface area contributed by atoms with Crippen molar-refractivity contribution in [3.8, 4) is 11.3 Å². The molecule has 3 N–H and O–H groups in total. The SMILES string of the molecule is [B]C1(O)CCC([B])(O)C1Cn1cc(-c2ncnc3[nH]ccc23)cn1. The molecular formula is C15H15B2N5O2. The number of nitrogens with zero attached hydrogens (tertiary/aromatic N) is 4. The van der Waals surface area contributed by atoms with Crippen LogP contribution in [0.4, 0.5) is 0 Å². The lowest BCUT2D eigenvalue weighted by Gasteiger charge is -2.33. The van der Waals surface area contributed by atoms with E-state index < -0.39 is 16.9 Å². The molecule has 1 aliphatic carbocycles. The molecule has 0 aromatic carbocycles. The summed E-state index contributed by atoms with van der Waals surface area (Å²) in [5.41, 5.74) is -0.723. The molecule has 2 atom stereocenters. The van der Waals surface area contributed by atoms with Gasteiger partial charge >= 0.3 is 0 Å². The highest BCUT2D eigenvalue weighted by Gasteiger charge is 2.49. The molecule has 0 amide bonds. The van der Waals surface area contributed by atoms with Crippen molar-refractivity contribution in [3.63, 3.8) is 0 Å². The number of H-pyrrole nitrogens is 1. The Morgan fingerprint density at radius 2 is 2.00 bits per heavy atom. The van der Waals surface area contributed by atoms with Crippen LogP contribution in [0.1, 0.15) is 12.8 Å². The summed E-state index contributed by atoms with van der Waals surface area (Å²) in [6, 6.07) is 1.90. The van der Waals surface area contributed by atoms with Crippen LogP contribution < -0.4 is 0 Å². The van der Waals surface area contributed by atoms with E-state index in [2.05, 4.69) is 20.1 Å². The van der Waals surface area contributed by atoms with Gasteiger partial charge in [0, 0.05) is 46.8 Å². The highest BCUT2D eigenvalue weighted by Crippen LogP contribution is 2.40. The summed E-state index contributed by atoms with van der Waals surface area (Å²) in [5, 5.41) is 25.7. The highest BCUT2D eigenvalue weighted by atomic mass is 16.3. The van der Waals surface area contributed by atoms with Gasteiger partial charge in [-0.2, -0.15) is 5.10 Å². The summed E-state index contributed by atoms with van der Waals surface area (Å²) in [6.45, 7) is 0.210. The van der Waals surface area contributed by atoms with Crippen LogP contribution in [0.15, 0.2) is 31.0 Å². The molecule has 0 aliphatic heterocycles. The van der Waals surface area contributed by atoms with Gasteiger partial charge in [-0.1, -0.05) is 0 Å². The maximum Gasteiger partial charge on any atom is 0.141 e. The average Bonchev–Trinajstić information content (AvgIpc) is 3.22. The number of hydrogen-bond donors (Lipinski definition) is 3. The van der Waals surface area contributed by atoms with Crippen molar-refractivity contribution >= 4 is 26.7 Å². The first-order valence-corrected chi connectivity index (χ1v) is 7.70. The van der Waals surface area contributed by atoms with Crippen molar-refractivity contribution in [2.45, 2.75) is 30.4 Å². The zero-order valence-corrected chi connectivity index (χ0v) is 12.9. The first-order valence-electron chi connectivity index (χ1n) is 7.70. The van der Waals surface area contributed by atoms with Gasteiger partial charge in [0.25, 0.3) is 0 Å². The van der Waals surface area contributed by atoms with Gasteiger partial charge in [-0.3, -0.25) is 4.68 Å². The maximum absolute atomic E-state index is 10.3. The topological polar surface area (TPSA) is 99.9 Å². The maximum atomic E-state index is 10.3. The fourth-order valence-corrected chi connectivity index (χ4v) is 3.37. The van der Waals surface area contributed by atoms with E-state index in [4.69, 9.17) is 15.7 Å². The van der Waals surface area contributed by atoms with Crippen molar-refractivity contribution in [1.82, 2.24) is 24.7 Å². The number of aliphatic hydroxyl groups is 2. The molecule has 0 bridgehead atoms. The molecule has 9 heteroatoms. The van der Waals surface area contributed by atoms with Gasteiger partial charge in [-0.05, 0) is 18.9 Å². The van der Waals surface area contributed by atoms with Crippen LogP contribution >= 0.6 is 0 Å². The highest BCUT2D eigenvalue weighted by molar-refractivity contribution is 6.19. The second kappa shape index (κ2) is 5.19. The molecule has 1 saturated carbocycles. The minimum atomic E-state index is -1.52. The number of rotatable bonds is 3. The molecule has 1 fully saturated rings. The van der Waals surface area contributed by atoms with E-state index in [-0.39, 0.29) is 19.4 Å². The van der Waals surface area contributed by atoms with Crippen LogP contribution in [-0.4, -0.2) is 61.6 Å². The Labute approximate surface area is 141 Å². The third kappa shape index (κ3) is 2.44. The molecule has 1 aliphatic rings. The third-order valence-corrected chi connectivity index (χ3v) is 4.76. The fourth-order valence-electron chi connectivity index (χ4n) is 3.37. The third-order valence-electron chi connectivity index (χ3n) is 4.76. The quantitative estimate of drug-likeness (QED) is 0.588. The summed E-state index contributed by atoms with van der Waals surface area (Å²) >= 11 is 0. The molecule has 4 radical (unpaired) electrons. The first kappa shape index (κ1) is 15.4. The van der Waals surface area contributed by atoms with E-state index in [9.17, 15) is 10.2 Å². The molecule has 0 spiro atoms. The smallest absolute Gasteiger partial charge is 0.141 e. The Morgan fingerprint density at radius 3 is 2.75 bits per heavy atom. The van der Waals surface area contributed by atoms with Gasteiger partial charge in [-0.15, -0.1) is 0 Å². The Balaban J connectivity index is 1.65. The molecule has 24 heavy (non-hydrogen) atoms. The van der Waals surface area contributed by atoms with Gasteiger partial charge in [0.1, 0.15) is 27.7 Å². The number of fused-ring (bicyclic) bond motifs is 1. The summed E-state index contributed by atoms with van der Waals surface area (Å²) < 4.78 is 1.61. The van der Waals surface area contributed by atoms with Crippen molar-refractivity contribution < 1.29 is 10.2 Å². The largest absolute Gasteiger partial charge is 0.399 e. The summed E-state index contributed by atoms with van der Waals surface area (Å²) in [5.74, 6) is -0.713. The average molecular weight is 319 g/mol. The molecule has 2 unspecified atom stereocenters. The molecule has 7 nitrogen and oxygen atoms in total. The van der Waals surface area contributed by atoms with Gasteiger partial charge in [0.05, 0.1) is 11.9 Å². The second-order valence-corrected chi connectivity index (χ2v) is 6.45. The van der Waals surface area contributed by atoms with Gasteiger partial charge in [0.2, 0.25) is 0 Å². The van der Waals surface area contributed by atoms with Crippen LogP contribution in [0, 0.1) is 5.92 Å². The zero-order valence-electron chi connectivity index (χ0n) is 12.9. The zero-order chi connectivity index (χ0) is 16.9. The van der Waals surface area contributed by atoms with Gasteiger partial charge in [0.15, 0.2) is 0 Å². The second-order valence-electron chi connectivity index (χ2n) is 6.45. The van der Waals surface area contributed by atoms with Crippen LogP contribution in [0.3, 0.4) is 0 Å². The van der Waals surface area contributed by atoms with Crippen molar-refractivity contribution in [2.75, 3.05) is 0 Å². The summed E-state index contributed by atoms with van der Waals surface area (Å²) in [6.07, 6.45) is 7.24. The molecule has 0 saturated heterocycles. The normalized spacial score (nSPS) is 30.2. The molecule has 3 aromatic heterocycles. The summed E-state index contributed by atoms with van der Waals surface area (Å²) in [4.78, 5) is 11.5. The van der Waals surface area contributed by atoms with Crippen molar-refractivity contribution in [2.24, 2.45) is 5.92 Å². The van der Waals surface area contributed by atoms with Gasteiger partial charge in [-0.25, -0.2) is 9.97 Å². The molecule has 118 valence electrons. The Kier molecular flexibility index (Phi) is 3.33. The van der Waals surface area contributed by atoms with E-state index in [1.54, 1.807) is 23.3 Å². The molecule has 4 rings (SSSR count). The molecule has 3 heterocycles. The lowest BCUT2D eigenvalue weighted by atomic mass is 9.65. The summed E-state index contributed by atoms with van der Waals surface area (Å²) in [7, 11) is 11.7. The van der Waals surface area contributed by atoms with E-state index in [1.807, 2.05) is 6.07 Å². The lowest BCUT2D eigenvalue weighted by molar-refractivity contribution is 0.00352. The van der Waals surface area contributed by atoms with E-state index in [0.717, 1.165) is 22.3 Å². The van der Waals surface area contributed by atoms with Crippen LogP contribution in [-0.2, 0) is 6.54 Å². The van der Waals surface area contributed by atoms with Gasteiger partial charge < -0.3 is 15.2 Å². The van der Waals surface area contributed by atoms with Crippen LogP contribution in [0.5, 0.6) is 0 Å². The predicted molar refractivity (Wildman–Crippen MR) is 89.2 cm³/mol. The number of nitrogens with one attached hydrogen (secondary N) is 1. The minimum Gasteiger partial charge on any atom is -0.399 e. The minimum absolute atomic E-state index is 0.210. The molecular weight excluding hydrogens is 304 g/mol. The Hall–Kier alpha value is -2.12. The van der Waals surface area contributed by atoms with Crippen molar-refractivity contribution in [1.29, 1.82) is 0 Å². The lowest BCUT2D eigenvalue weighted by Crippen LogP contribution is -2.47. The Bertz CT molecular complexity index is 873. The Morgan fingerprint density at radius 1 is 1.25 bits per heavy atom. The number of aromatic amines is 1. The number of aromatic nitrogens is 5. The van der Waals surface area contributed by atoms with Crippen LogP contribution in [0.25, 0.3) is 22.3 Å². The fraction of sp³-hybridized carbons (Fsp3) is 0.400. The van der Waals surface area contributed by atoms with E-state index >= 15 is 0 Å². The molecule has 3 aromatic rings. The van der Waals surface area contributed by atoms with Crippen LogP contribution in [0.2, 0.25) is 0 Å². The predicted octanol–water partition coefficient (Wildman–Crippen LogP) is -0.0544. The number of hydrogen-bond acceptors (Lipinski definition) is 5. The van der Waals surface area contributed by atoms with Crippen molar-refractivity contribution in [3.05, 3.63) is 31.0 Å². The van der Waals surface area contributed by atoms with E-state index in [0.29, 0.717) is 0 Å². The first-order chi connectivity index (χ1) is 11.4. The van der Waals surface area contributed by atoms with E-state index in [1.165, 1.54) is 6.33 Å². The standard InChI is InChI=1S/C15H15B2N5O2/c16-14(23)2-3-15(17,24)11(14)7-22-6-9(5-21-22)12-10-1-4-18-13(10)20-8-19-12/h1,4-6,8,11,23-24H,2-3,7H2,(H,18,19,20).